The number of carbonyl (C=O) groups excluding carboxylic acids is 2. The van der Waals surface area contributed by atoms with Crippen LogP contribution in [0.2, 0.25) is 0 Å². The highest BCUT2D eigenvalue weighted by atomic mass is 32.2. The van der Waals surface area contributed by atoms with Gasteiger partial charge in [-0.2, -0.15) is 0 Å². The molecule has 2 aliphatic heterocycles. The zero-order chi connectivity index (χ0) is 20.1. The number of esters is 1. The molecule has 8 nitrogen and oxygen atoms in total. The highest BCUT2D eigenvalue weighted by molar-refractivity contribution is 7.91. The molecular formula is C19H23NO7S. The van der Waals surface area contributed by atoms with Gasteiger partial charge in [0, 0.05) is 25.6 Å². The van der Waals surface area contributed by atoms with Crippen LogP contribution in [0.4, 0.5) is 0 Å². The molecule has 0 unspecified atom stereocenters. The van der Waals surface area contributed by atoms with E-state index in [1.807, 2.05) is 0 Å². The van der Waals surface area contributed by atoms with Crippen LogP contribution in [0.15, 0.2) is 24.3 Å². The zero-order valence-corrected chi connectivity index (χ0v) is 16.4. The first kappa shape index (κ1) is 20.2. The molecule has 0 spiro atoms. The molecule has 0 aliphatic carbocycles. The van der Waals surface area contributed by atoms with Crippen LogP contribution in [0.5, 0.6) is 11.5 Å². The third-order valence-electron chi connectivity index (χ3n) is 4.67. The lowest BCUT2D eigenvalue weighted by Gasteiger charge is -2.22. The summed E-state index contributed by atoms with van der Waals surface area (Å²) in [6.45, 7) is 0.737. The maximum absolute atomic E-state index is 12.1. The van der Waals surface area contributed by atoms with Crippen molar-refractivity contribution in [3.05, 3.63) is 29.8 Å². The maximum Gasteiger partial charge on any atom is 0.331 e. The van der Waals surface area contributed by atoms with E-state index in [1.54, 1.807) is 24.3 Å². The van der Waals surface area contributed by atoms with Gasteiger partial charge >= 0.3 is 5.97 Å². The second-order valence-corrected chi connectivity index (χ2v) is 8.99. The summed E-state index contributed by atoms with van der Waals surface area (Å²) in [5.74, 6) is 0.226. The molecule has 2 heterocycles. The van der Waals surface area contributed by atoms with Gasteiger partial charge in [0.2, 0.25) is 0 Å². The summed E-state index contributed by atoms with van der Waals surface area (Å²) < 4.78 is 39.1. The van der Waals surface area contributed by atoms with Gasteiger partial charge in [-0.15, -0.1) is 0 Å². The Bertz CT molecular complexity index is 878. The Balaban J connectivity index is 1.50. The first-order chi connectivity index (χ1) is 13.3. The fourth-order valence-corrected chi connectivity index (χ4v) is 4.79. The summed E-state index contributed by atoms with van der Waals surface area (Å²) in [6, 6.07) is 4.97. The molecule has 0 N–H and O–H groups in total. The van der Waals surface area contributed by atoms with Crippen molar-refractivity contribution in [1.82, 2.24) is 4.90 Å². The van der Waals surface area contributed by atoms with Crippen molar-refractivity contribution in [2.24, 2.45) is 0 Å². The lowest BCUT2D eigenvalue weighted by Crippen LogP contribution is -2.40. The van der Waals surface area contributed by atoms with Crippen molar-refractivity contribution in [2.45, 2.75) is 18.9 Å². The molecule has 9 heteroatoms. The number of rotatable bonds is 5. The summed E-state index contributed by atoms with van der Waals surface area (Å²) >= 11 is 0. The van der Waals surface area contributed by atoms with Crippen LogP contribution in [0.1, 0.15) is 18.4 Å². The molecule has 3 rings (SSSR count). The maximum atomic E-state index is 12.1. The van der Waals surface area contributed by atoms with Gasteiger partial charge in [0.05, 0.1) is 24.7 Å². The lowest BCUT2D eigenvalue weighted by atomic mass is 10.2. The number of amides is 1. The Morgan fingerprint density at radius 2 is 2.00 bits per heavy atom. The van der Waals surface area contributed by atoms with Crippen molar-refractivity contribution < 1.29 is 32.2 Å². The standard InChI is InChI=1S/C19H23NO7S/c1-20(15-7-10-28(23,24)13-15)18(21)12-27-19(22)6-4-14-3-5-16-17(11-14)26-9-2-8-25-16/h3-6,11,15H,2,7-10,12-13H2,1H3/b6-4+/t15-/m1/s1. The molecule has 1 fully saturated rings. The molecule has 1 amide bonds. The summed E-state index contributed by atoms with van der Waals surface area (Å²) in [5, 5.41) is 0. The van der Waals surface area contributed by atoms with E-state index in [1.165, 1.54) is 18.0 Å². The predicted octanol–water partition coefficient (Wildman–Crippen LogP) is 1.05. The molecule has 2 aliphatic rings. The van der Waals surface area contributed by atoms with Crippen LogP contribution in [0.3, 0.4) is 0 Å². The van der Waals surface area contributed by atoms with Crippen LogP contribution in [-0.2, 0) is 24.2 Å². The topological polar surface area (TPSA) is 99.2 Å². The van der Waals surface area contributed by atoms with Gasteiger partial charge in [-0.05, 0) is 30.2 Å². The lowest BCUT2D eigenvalue weighted by molar-refractivity contribution is -0.148. The minimum absolute atomic E-state index is 0.0484. The molecule has 1 saturated heterocycles. The first-order valence-corrected chi connectivity index (χ1v) is 10.9. The largest absolute Gasteiger partial charge is 0.490 e. The minimum atomic E-state index is -3.09. The van der Waals surface area contributed by atoms with Crippen LogP contribution >= 0.6 is 0 Å². The Kier molecular flexibility index (Phi) is 6.23. The van der Waals surface area contributed by atoms with Crippen LogP contribution in [0, 0.1) is 0 Å². The Labute approximate surface area is 164 Å². The number of benzene rings is 1. The SMILES string of the molecule is CN(C(=O)COC(=O)/C=C/c1ccc2c(c1)OCCCO2)[C@@H]1CCS(=O)(=O)C1. The van der Waals surface area contributed by atoms with E-state index in [0.29, 0.717) is 31.1 Å². The third-order valence-corrected chi connectivity index (χ3v) is 6.42. The average molecular weight is 409 g/mol. The second-order valence-electron chi connectivity index (χ2n) is 6.76. The van der Waals surface area contributed by atoms with E-state index in [9.17, 15) is 18.0 Å². The number of likely N-dealkylation sites (N-methyl/N-ethyl adjacent to an activating group) is 1. The summed E-state index contributed by atoms with van der Waals surface area (Å²) in [6.07, 6.45) is 4.01. The molecule has 0 aromatic heterocycles. The van der Waals surface area contributed by atoms with E-state index < -0.39 is 28.3 Å². The van der Waals surface area contributed by atoms with Gasteiger partial charge in [0.15, 0.2) is 27.9 Å². The van der Waals surface area contributed by atoms with Crippen molar-refractivity contribution in [2.75, 3.05) is 38.4 Å². The van der Waals surface area contributed by atoms with Crippen LogP contribution in [0.25, 0.3) is 6.08 Å². The number of fused-ring (bicyclic) bond motifs is 1. The van der Waals surface area contributed by atoms with Gasteiger partial charge in [-0.1, -0.05) is 6.07 Å². The van der Waals surface area contributed by atoms with Gasteiger partial charge < -0.3 is 19.1 Å². The van der Waals surface area contributed by atoms with Crippen molar-refractivity contribution in [3.63, 3.8) is 0 Å². The number of hydrogen-bond donors (Lipinski definition) is 0. The van der Waals surface area contributed by atoms with Gasteiger partial charge in [0.1, 0.15) is 0 Å². The fourth-order valence-electron chi connectivity index (χ4n) is 3.02. The monoisotopic (exact) mass is 409 g/mol. The number of hydrogen-bond acceptors (Lipinski definition) is 7. The van der Waals surface area contributed by atoms with Crippen molar-refractivity contribution in [3.8, 4) is 11.5 Å². The summed E-state index contributed by atoms with van der Waals surface area (Å²) in [5.41, 5.74) is 0.737. The molecule has 28 heavy (non-hydrogen) atoms. The number of nitrogens with zero attached hydrogens (tertiary/aromatic N) is 1. The number of ether oxygens (including phenoxy) is 3. The summed E-state index contributed by atoms with van der Waals surface area (Å²) in [4.78, 5) is 25.3. The summed E-state index contributed by atoms with van der Waals surface area (Å²) in [7, 11) is -1.56. The molecule has 1 aromatic rings. The Morgan fingerprint density at radius 1 is 1.25 bits per heavy atom. The Morgan fingerprint density at radius 3 is 2.71 bits per heavy atom. The average Bonchev–Trinajstić information content (AvgIpc) is 2.89. The van der Waals surface area contributed by atoms with Crippen LogP contribution < -0.4 is 9.47 Å². The second kappa shape index (κ2) is 8.64. The number of sulfone groups is 1. The van der Waals surface area contributed by atoms with Crippen molar-refractivity contribution in [1.29, 1.82) is 0 Å². The third kappa shape index (κ3) is 5.25. The predicted molar refractivity (Wildman–Crippen MR) is 102 cm³/mol. The molecule has 1 atom stereocenters. The van der Waals surface area contributed by atoms with Gasteiger partial charge in [-0.25, -0.2) is 13.2 Å². The van der Waals surface area contributed by atoms with Gasteiger partial charge in [0.25, 0.3) is 5.91 Å². The molecule has 152 valence electrons. The van der Waals surface area contributed by atoms with Gasteiger partial charge in [-0.3, -0.25) is 4.79 Å². The zero-order valence-electron chi connectivity index (χ0n) is 15.6. The minimum Gasteiger partial charge on any atom is -0.490 e. The molecule has 0 saturated carbocycles. The quantitative estimate of drug-likeness (QED) is 0.529. The first-order valence-electron chi connectivity index (χ1n) is 9.05. The van der Waals surface area contributed by atoms with E-state index in [-0.39, 0.29) is 17.5 Å². The van der Waals surface area contributed by atoms with Crippen LogP contribution in [-0.4, -0.2) is 69.6 Å². The smallest absolute Gasteiger partial charge is 0.331 e. The van der Waals surface area contributed by atoms with E-state index in [0.717, 1.165) is 12.0 Å². The Hall–Kier alpha value is -2.55. The normalized spacial score (nSPS) is 20.5. The molecule has 1 aromatic carbocycles. The molecule has 0 bridgehead atoms. The number of carbonyl (C=O) groups is 2. The highest BCUT2D eigenvalue weighted by Gasteiger charge is 2.32. The molecule has 0 radical (unpaired) electrons. The fraction of sp³-hybridized carbons (Fsp3) is 0.474. The van der Waals surface area contributed by atoms with E-state index >= 15 is 0 Å². The van der Waals surface area contributed by atoms with E-state index in [2.05, 4.69) is 0 Å². The molecular weight excluding hydrogens is 386 g/mol. The highest BCUT2D eigenvalue weighted by Crippen LogP contribution is 2.30. The van der Waals surface area contributed by atoms with Crippen molar-refractivity contribution >= 4 is 27.8 Å². The van der Waals surface area contributed by atoms with E-state index in [4.69, 9.17) is 14.2 Å².